The molecule has 9 nitrogen and oxygen atoms in total. The Labute approximate surface area is 260 Å². The lowest BCUT2D eigenvalue weighted by molar-refractivity contribution is -0.890. The molecule has 0 unspecified atom stereocenters. The molecule has 4 rings (SSSR count). The van der Waals surface area contributed by atoms with E-state index < -0.39 is 22.3 Å². The van der Waals surface area contributed by atoms with Gasteiger partial charge in [0.05, 0.1) is 51.2 Å². The summed E-state index contributed by atoms with van der Waals surface area (Å²) in [4.78, 5) is 12.8. The lowest BCUT2D eigenvalue weighted by Crippen LogP contribution is -2.67. The van der Waals surface area contributed by atoms with Gasteiger partial charge in [-0.2, -0.15) is 8.42 Å². The van der Waals surface area contributed by atoms with Crippen LogP contribution in [-0.2, 0) is 14.9 Å². The van der Waals surface area contributed by atoms with Crippen molar-refractivity contribution < 1.29 is 37.6 Å². The number of hydrogen-bond donors (Lipinski definition) is 5. The first-order valence-corrected chi connectivity index (χ1v) is 18.5. The summed E-state index contributed by atoms with van der Waals surface area (Å²) in [5.41, 5.74) is -0.438. The molecule has 43 heavy (non-hydrogen) atoms. The Balaban J connectivity index is 1.30. The molecule has 0 radical (unpaired) electrons. The Kier molecular flexibility index (Phi) is 10.4. The molecule has 0 saturated heterocycles. The van der Waals surface area contributed by atoms with Crippen LogP contribution in [0.3, 0.4) is 0 Å². The summed E-state index contributed by atoms with van der Waals surface area (Å²) < 4.78 is 31.5. The Morgan fingerprint density at radius 2 is 1.67 bits per heavy atom. The van der Waals surface area contributed by atoms with E-state index in [1.807, 2.05) is 14.1 Å². The van der Waals surface area contributed by atoms with Crippen molar-refractivity contribution in [2.45, 2.75) is 117 Å². The van der Waals surface area contributed by atoms with Crippen molar-refractivity contribution in [1.29, 1.82) is 0 Å². The van der Waals surface area contributed by atoms with Crippen molar-refractivity contribution in [2.75, 3.05) is 39.5 Å². The maximum Gasteiger partial charge on any atom is 0.265 e. The number of carbonyl (C=O) groups excluding carboxylic acids is 1. The highest BCUT2D eigenvalue weighted by molar-refractivity contribution is 7.85. The summed E-state index contributed by atoms with van der Waals surface area (Å²) >= 11 is 0. The van der Waals surface area contributed by atoms with Crippen molar-refractivity contribution in [3.8, 4) is 0 Å². The van der Waals surface area contributed by atoms with Crippen molar-refractivity contribution in [3.05, 3.63) is 0 Å². The number of nitrogens with one attached hydrogen (secondary N) is 1. The van der Waals surface area contributed by atoms with E-state index in [1.54, 1.807) is 0 Å². The zero-order valence-corrected chi connectivity index (χ0v) is 28.4. The number of fused-ring (bicyclic) bond motifs is 5. The van der Waals surface area contributed by atoms with E-state index in [2.05, 4.69) is 33.0 Å². The molecular weight excluding hydrogens is 568 g/mol. The molecule has 5 N–H and O–H groups in total. The van der Waals surface area contributed by atoms with Gasteiger partial charge in [-0.3, -0.25) is 9.35 Å². The molecule has 1 amide bonds. The molecule has 0 aromatic heterocycles. The summed E-state index contributed by atoms with van der Waals surface area (Å²) in [7, 11) is 0.112. The van der Waals surface area contributed by atoms with E-state index in [0.717, 1.165) is 57.9 Å². The Morgan fingerprint density at radius 1 is 1.00 bits per heavy atom. The van der Waals surface area contributed by atoms with Gasteiger partial charge in [-0.15, -0.1) is 0 Å². The second kappa shape index (κ2) is 12.8. The lowest BCUT2D eigenvalue weighted by atomic mass is 9.37. The third kappa shape index (κ3) is 6.99. The Morgan fingerprint density at radius 3 is 2.35 bits per heavy atom. The minimum absolute atomic E-state index is 0.00833. The highest BCUT2D eigenvalue weighted by Gasteiger charge is 2.70. The van der Waals surface area contributed by atoms with Crippen LogP contribution in [0.15, 0.2) is 0 Å². The SMILES string of the molecule is C[C@H](CCC(=O)NCCC[N+](C)(C)CCCS(=O)(=O)O)[C@H]1CC[C@H]2[C@@H]3[C@H](O)C[C@@H]4C[C@H](O)CC[C@]4(C)[C@@]3(C)C[C@H](O)[C@]12C. The van der Waals surface area contributed by atoms with Crippen LogP contribution >= 0.6 is 0 Å². The molecule has 0 heterocycles. The van der Waals surface area contributed by atoms with Crippen LogP contribution < -0.4 is 5.32 Å². The number of rotatable bonds is 12. The minimum atomic E-state index is -3.94. The number of aliphatic hydroxyl groups is 3. The van der Waals surface area contributed by atoms with Crippen molar-refractivity contribution >= 4 is 16.0 Å². The average molecular weight is 630 g/mol. The van der Waals surface area contributed by atoms with Crippen LogP contribution in [0.2, 0.25) is 0 Å². The normalized spacial score (nSPS) is 42.0. The van der Waals surface area contributed by atoms with Crippen LogP contribution in [0.5, 0.6) is 0 Å². The number of amides is 1. The molecule has 11 atom stereocenters. The van der Waals surface area contributed by atoms with Gasteiger partial charge in [-0.25, -0.2) is 0 Å². The summed E-state index contributed by atoms with van der Waals surface area (Å²) in [6.07, 6.45) is 7.25. The molecule has 4 aliphatic rings. The van der Waals surface area contributed by atoms with Crippen LogP contribution in [0.4, 0.5) is 0 Å². The van der Waals surface area contributed by atoms with E-state index in [-0.39, 0.29) is 57.7 Å². The second-order valence-corrected chi connectivity index (χ2v) is 18.0. The predicted molar refractivity (Wildman–Crippen MR) is 168 cm³/mol. The largest absolute Gasteiger partial charge is 0.393 e. The van der Waals surface area contributed by atoms with Crippen LogP contribution in [0.25, 0.3) is 0 Å². The maximum atomic E-state index is 12.8. The number of hydrogen-bond acceptors (Lipinski definition) is 6. The average Bonchev–Trinajstić information content (AvgIpc) is 3.24. The van der Waals surface area contributed by atoms with Gasteiger partial charge in [0, 0.05) is 25.8 Å². The monoisotopic (exact) mass is 629 g/mol. The van der Waals surface area contributed by atoms with E-state index in [9.17, 15) is 28.5 Å². The van der Waals surface area contributed by atoms with Gasteiger partial charge >= 0.3 is 0 Å². The second-order valence-electron chi connectivity index (χ2n) is 16.4. The summed E-state index contributed by atoms with van der Waals surface area (Å²) in [5.74, 6) is 1.08. The number of nitrogens with zero attached hydrogens (tertiary/aromatic N) is 1. The topological polar surface area (TPSA) is 144 Å². The van der Waals surface area contributed by atoms with Crippen LogP contribution in [0.1, 0.15) is 98.3 Å². The molecule has 0 aliphatic heterocycles. The van der Waals surface area contributed by atoms with Crippen LogP contribution in [-0.4, -0.2) is 96.5 Å². The first-order valence-electron chi connectivity index (χ1n) is 16.9. The molecule has 4 aliphatic carbocycles. The Hall–Kier alpha value is -0.780. The summed E-state index contributed by atoms with van der Waals surface area (Å²) in [6, 6.07) is 0. The summed E-state index contributed by atoms with van der Waals surface area (Å²) in [5, 5.41) is 37.0. The molecule has 4 saturated carbocycles. The van der Waals surface area contributed by atoms with Gasteiger partial charge in [0.15, 0.2) is 0 Å². The predicted octanol–water partition coefficient (Wildman–Crippen LogP) is 3.61. The molecular formula is C33H61N2O7S+. The molecule has 250 valence electrons. The van der Waals surface area contributed by atoms with Gasteiger partial charge in [0.1, 0.15) is 0 Å². The fourth-order valence-corrected chi connectivity index (χ4v) is 11.3. The highest BCUT2D eigenvalue weighted by atomic mass is 32.2. The number of quaternary nitrogens is 1. The molecule has 4 fully saturated rings. The fraction of sp³-hybridized carbons (Fsp3) is 0.970. The standard InChI is InChI=1S/C33H60N2O7S/c1-22(9-12-29(39)34-15-7-16-35(5,6)17-8-18-43(40,41)42)25-10-11-26-30-27(37)20-23-19-24(36)13-14-31(23,2)32(30,3)21-28(38)33(25,26)4/h22-28,30,36-38H,7-21H2,1-6H3,(H-,34,39,40,41,42)/p+1/t22-,23+,24-,25-,26+,27-,28+,30-,31+,32+,33-/m1/s1. The smallest absolute Gasteiger partial charge is 0.265 e. The summed E-state index contributed by atoms with van der Waals surface area (Å²) in [6.45, 7) is 11.2. The van der Waals surface area contributed by atoms with Crippen LogP contribution in [0, 0.1) is 45.8 Å². The molecule has 0 bridgehead atoms. The molecule has 10 heteroatoms. The van der Waals surface area contributed by atoms with E-state index in [1.165, 1.54) is 0 Å². The van der Waals surface area contributed by atoms with Crippen molar-refractivity contribution in [1.82, 2.24) is 5.32 Å². The van der Waals surface area contributed by atoms with Crippen molar-refractivity contribution in [2.24, 2.45) is 45.8 Å². The number of carbonyl (C=O) groups is 1. The fourth-order valence-electron chi connectivity index (χ4n) is 10.8. The molecule has 0 spiro atoms. The highest BCUT2D eigenvalue weighted by Crippen LogP contribution is 2.73. The minimum Gasteiger partial charge on any atom is -0.393 e. The van der Waals surface area contributed by atoms with Gasteiger partial charge in [0.2, 0.25) is 5.91 Å². The first-order chi connectivity index (χ1) is 19.8. The third-order valence-corrected chi connectivity index (χ3v) is 14.3. The van der Waals surface area contributed by atoms with Gasteiger partial charge < -0.3 is 25.1 Å². The zero-order valence-electron chi connectivity index (χ0n) is 27.6. The van der Waals surface area contributed by atoms with Gasteiger partial charge in [0.25, 0.3) is 10.1 Å². The van der Waals surface area contributed by atoms with Gasteiger partial charge in [-0.1, -0.05) is 27.7 Å². The van der Waals surface area contributed by atoms with E-state index in [4.69, 9.17) is 4.55 Å². The van der Waals surface area contributed by atoms with E-state index in [0.29, 0.717) is 42.8 Å². The first kappa shape index (κ1) is 35.1. The Bertz CT molecular complexity index is 1100. The van der Waals surface area contributed by atoms with Crippen molar-refractivity contribution in [3.63, 3.8) is 0 Å². The zero-order chi connectivity index (χ0) is 32.0. The third-order valence-electron chi connectivity index (χ3n) is 13.5. The quantitative estimate of drug-likeness (QED) is 0.126. The lowest BCUT2D eigenvalue weighted by Gasteiger charge is -2.69. The van der Waals surface area contributed by atoms with E-state index >= 15 is 0 Å². The molecule has 0 aromatic carbocycles. The van der Waals surface area contributed by atoms with Gasteiger partial charge in [-0.05, 0) is 97.2 Å². The molecule has 0 aromatic rings. The maximum absolute atomic E-state index is 12.8. The number of aliphatic hydroxyl groups excluding tert-OH is 3.